The fourth-order valence-corrected chi connectivity index (χ4v) is 5.90. The van der Waals surface area contributed by atoms with Gasteiger partial charge in [0, 0.05) is 13.1 Å². The van der Waals surface area contributed by atoms with Gasteiger partial charge in [0.05, 0.1) is 20.6 Å². The second-order valence-corrected chi connectivity index (χ2v) is 11.8. The summed E-state index contributed by atoms with van der Waals surface area (Å²) >= 11 is 12.3. The highest BCUT2D eigenvalue weighted by Crippen LogP contribution is 2.31. The topological polar surface area (TPSA) is 86.8 Å². The summed E-state index contributed by atoms with van der Waals surface area (Å²) in [5.74, 6) is -0.812. The third-order valence-corrected chi connectivity index (χ3v) is 8.70. The number of carbonyl (C=O) groups is 2. The molecule has 0 spiro atoms. The van der Waals surface area contributed by atoms with Crippen molar-refractivity contribution in [1.29, 1.82) is 0 Å². The van der Waals surface area contributed by atoms with E-state index in [2.05, 4.69) is 5.32 Å². The molecule has 0 aliphatic rings. The van der Waals surface area contributed by atoms with Crippen LogP contribution in [0, 0.1) is 6.92 Å². The van der Waals surface area contributed by atoms with Gasteiger partial charge in [-0.15, -0.1) is 0 Å². The second-order valence-electron chi connectivity index (χ2n) is 9.15. The molecule has 0 bridgehead atoms. The number of nitrogens with one attached hydrogen (secondary N) is 1. The summed E-state index contributed by atoms with van der Waals surface area (Å²) in [4.78, 5) is 28.6. The van der Waals surface area contributed by atoms with Gasteiger partial charge in [-0.2, -0.15) is 0 Å². The van der Waals surface area contributed by atoms with Gasteiger partial charge in [-0.05, 0) is 55.7 Å². The average molecular weight is 591 g/mol. The smallest absolute Gasteiger partial charge is 0.264 e. The van der Waals surface area contributed by atoms with E-state index in [9.17, 15) is 18.0 Å². The standard InChI is InChI=1S/C29H33Cl2N3O4S/c1-4-16-32-29(36)27(5-2)33(19-22-11-9-10-21(3)17-22)28(35)20-34(23-14-15-25(30)26(31)18-23)39(37,38)24-12-7-6-8-13-24/h6-15,17-18,27H,4-5,16,19-20H2,1-3H3,(H,32,36)/t27-/m1/s1. The molecule has 0 heterocycles. The van der Waals surface area contributed by atoms with Gasteiger partial charge in [0.1, 0.15) is 12.6 Å². The molecule has 10 heteroatoms. The Balaban J connectivity index is 2.06. The second kappa shape index (κ2) is 13.8. The third kappa shape index (κ3) is 7.75. The molecule has 1 atom stereocenters. The van der Waals surface area contributed by atoms with E-state index in [0.717, 1.165) is 21.9 Å². The lowest BCUT2D eigenvalue weighted by molar-refractivity contribution is -0.140. The molecule has 0 saturated carbocycles. The van der Waals surface area contributed by atoms with E-state index < -0.39 is 28.5 Å². The number of amides is 2. The highest BCUT2D eigenvalue weighted by atomic mass is 35.5. The molecule has 0 aromatic heterocycles. The Hall–Kier alpha value is -3.07. The summed E-state index contributed by atoms with van der Waals surface area (Å²) in [7, 11) is -4.18. The zero-order chi connectivity index (χ0) is 28.6. The van der Waals surface area contributed by atoms with Gasteiger partial charge in [-0.1, -0.05) is 85.1 Å². The molecule has 3 rings (SSSR count). The third-order valence-electron chi connectivity index (χ3n) is 6.17. The summed E-state index contributed by atoms with van der Waals surface area (Å²) in [6.07, 6.45) is 1.10. The molecule has 0 fully saturated rings. The first-order chi connectivity index (χ1) is 18.6. The minimum atomic E-state index is -4.18. The molecule has 0 aliphatic heterocycles. The molecule has 3 aromatic carbocycles. The number of aryl methyl sites for hydroxylation is 1. The first kappa shape index (κ1) is 30.5. The minimum absolute atomic E-state index is 0.0156. The molecule has 0 radical (unpaired) electrons. The van der Waals surface area contributed by atoms with E-state index in [-0.39, 0.29) is 33.1 Å². The van der Waals surface area contributed by atoms with E-state index in [4.69, 9.17) is 23.2 Å². The highest BCUT2D eigenvalue weighted by Gasteiger charge is 2.33. The minimum Gasteiger partial charge on any atom is -0.354 e. The van der Waals surface area contributed by atoms with Gasteiger partial charge >= 0.3 is 0 Å². The van der Waals surface area contributed by atoms with Crippen molar-refractivity contribution in [2.45, 2.75) is 51.1 Å². The van der Waals surface area contributed by atoms with Crippen LogP contribution in [0.15, 0.2) is 77.7 Å². The molecule has 7 nitrogen and oxygen atoms in total. The van der Waals surface area contributed by atoms with Crippen LogP contribution < -0.4 is 9.62 Å². The molecule has 1 N–H and O–H groups in total. The molecule has 0 aliphatic carbocycles. The van der Waals surface area contributed by atoms with Crippen LogP contribution in [0.1, 0.15) is 37.8 Å². The summed E-state index contributed by atoms with van der Waals surface area (Å²) < 4.78 is 28.6. The molecule has 2 amide bonds. The van der Waals surface area contributed by atoms with Gasteiger partial charge in [0.25, 0.3) is 10.0 Å². The lowest BCUT2D eigenvalue weighted by Crippen LogP contribution is -2.52. The average Bonchev–Trinajstić information content (AvgIpc) is 2.92. The molecule has 3 aromatic rings. The lowest BCUT2D eigenvalue weighted by Gasteiger charge is -2.33. The first-order valence-corrected chi connectivity index (χ1v) is 14.9. The van der Waals surface area contributed by atoms with Crippen molar-refractivity contribution in [2.24, 2.45) is 0 Å². The lowest BCUT2D eigenvalue weighted by atomic mass is 10.1. The van der Waals surface area contributed by atoms with Crippen LogP contribution in [0.3, 0.4) is 0 Å². The largest absolute Gasteiger partial charge is 0.354 e. The Labute approximate surface area is 240 Å². The molecule has 0 saturated heterocycles. The number of halogens is 2. The number of hydrogen-bond acceptors (Lipinski definition) is 4. The van der Waals surface area contributed by atoms with Gasteiger partial charge in [0.2, 0.25) is 11.8 Å². The number of hydrogen-bond donors (Lipinski definition) is 1. The van der Waals surface area contributed by atoms with E-state index in [1.165, 1.54) is 35.2 Å². The van der Waals surface area contributed by atoms with Crippen LogP contribution in [0.2, 0.25) is 10.0 Å². The summed E-state index contributed by atoms with van der Waals surface area (Å²) in [5.41, 5.74) is 2.02. The number of anilines is 1. The highest BCUT2D eigenvalue weighted by molar-refractivity contribution is 7.92. The maximum atomic E-state index is 14.0. The molecular weight excluding hydrogens is 557 g/mol. The fourth-order valence-electron chi connectivity index (χ4n) is 4.18. The Morgan fingerprint density at radius 3 is 2.26 bits per heavy atom. The van der Waals surface area contributed by atoms with E-state index in [1.54, 1.807) is 18.2 Å². The molecule has 208 valence electrons. The Morgan fingerprint density at radius 2 is 1.64 bits per heavy atom. The predicted octanol–water partition coefficient (Wildman–Crippen LogP) is 5.83. The van der Waals surface area contributed by atoms with E-state index in [0.29, 0.717) is 13.0 Å². The number of benzene rings is 3. The Morgan fingerprint density at radius 1 is 0.923 bits per heavy atom. The fraction of sp³-hybridized carbons (Fsp3) is 0.310. The van der Waals surface area contributed by atoms with E-state index >= 15 is 0 Å². The molecule has 0 unspecified atom stereocenters. The zero-order valence-electron chi connectivity index (χ0n) is 22.2. The van der Waals surface area contributed by atoms with Crippen molar-refractivity contribution in [3.05, 3.63) is 94.0 Å². The van der Waals surface area contributed by atoms with Crippen LogP contribution in [-0.2, 0) is 26.2 Å². The van der Waals surface area contributed by atoms with Crippen LogP contribution in [0.25, 0.3) is 0 Å². The first-order valence-electron chi connectivity index (χ1n) is 12.7. The SMILES string of the molecule is CCCNC(=O)[C@@H](CC)N(Cc1cccc(C)c1)C(=O)CN(c1ccc(Cl)c(Cl)c1)S(=O)(=O)c1ccccc1. The summed E-state index contributed by atoms with van der Waals surface area (Å²) in [6.45, 7) is 5.78. The van der Waals surface area contributed by atoms with Gasteiger partial charge < -0.3 is 10.2 Å². The molecule has 39 heavy (non-hydrogen) atoms. The van der Waals surface area contributed by atoms with Crippen LogP contribution in [0.5, 0.6) is 0 Å². The monoisotopic (exact) mass is 589 g/mol. The van der Waals surface area contributed by atoms with Crippen molar-refractivity contribution in [2.75, 3.05) is 17.4 Å². The van der Waals surface area contributed by atoms with Crippen molar-refractivity contribution < 1.29 is 18.0 Å². The number of nitrogens with zero attached hydrogens (tertiary/aromatic N) is 2. The quantitative estimate of drug-likeness (QED) is 0.288. The normalized spacial score (nSPS) is 12.0. The van der Waals surface area contributed by atoms with Crippen LogP contribution in [-0.4, -0.2) is 44.3 Å². The Kier molecular flexibility index (Phi) is 10.8. The number of sulfonamides is 1. The van der Waals surface area contributed by atoms with Crippen molar-refractivity contribution >= 4 is 50.7 Å². The number of rotatable bonds is 12. The van der Waals surface area contributed by atoms with Crippen LogP contribution >= 0.6 is 23.2 Å². The summed E-state index contributed by atoms with van der Waals surface area (Å²) in [6, 6.07) is 19.1. The number of carbonyl (C=O) groups excluding carboxylic acids is 2. The van der Waals surface area contributed by atoms with Gasteiger partial charge in [-0.25, -0.2) is 8.42 Å². The van der Waals surface area contributed by atoms with Crippen molar-refractivity contribution in [3.8, 4) is 0 Å². The summed E-state index contributed by atoms with van der Waals surface area (Å²) in [5, 5.41) is 3.28. The van der Waals surface area contributed by atoms with Gasteiger partial charge in [0.15, 0.2) is 0 Å². The van der Waals surface area contributed by atoms with Crippen molar-refractivity contribution in [3.63, 3.8) is 0 Å². The maximum Gasteiger partial charge on any atom is 0.264 e. The van der Waals surface area contributed by atoms with E-state index in [1.807, 2.05) is 45.0 Å². The van der Waals surface area contributed by atoms with Crippen molar-refractivity contribution in [1.82, 2.24) is 10.2 Å². The Bertz CT molecular complexity index is 1400. The van der Waals surface area contributed by atoms with Crippen LogP contribution in [0.4, 0.5) is 5.69 Å². The van der Waals surface area contributed by atoms with Gasteiger partial charge in [-0.3, -0.25) is 13.9 Å². The maximum absolute atomic E-state index is 14.0. The predicted molar refractivity (Wildman–Crippen MR) is 157 cm³/mol. The molecular formula is C29H33Cl2N3O4S. The zero-order valence-corrected chi connectivity index (χ0v) is 24.6.